The van der Waals surface area contributed by atoms with E-state index in [-0.39, 0.29) is 17.9 Å². The Kier molecular flexibility index (Phi) is 4.53. The third-order valence-corrected chi connectivity index (χ3v) is 3.32. The second-order valence-electron chi connectivity index (χ2n) is 4.91. The summed E-state index contributed by atoms with van der Waals surface area (Å²) in [5, 5.41) is 7.14. The van der Waals surface area contributed by atoms with Gasteiger partial charge in [0.05, 0.1) is 11.7 Å². The van der Waals surface area contributed by atoms with Gasteiger partial charge in [0.15, 0.2) is 0 Å². The molecule has 0 aliphatic heterocycles. The molecular weight excluding hydrogens is 252 g/mol. The maximum atomic E-state index is 11.8. The lowest BCUT2D eigenvalue weighted by molar-refractivity contribution is -0.124. The summed E-state index contributed by atoms with van der Waals surface area (Å²) >= 11 is 0. The van der Waals surface area contributed by atoms with Gasteiger partial charge in [0.1, 0.15) is 0 Å². The lowest BCUT2D eigenvalue weighted by atomic mass is 10.1. The van der Waals surface area contributed by atoms with Crippen molar-refractivity contribution in [2.24, 2.45) is 11.7 Å². The van der Waals surface area contributed by atoms with E-state index in [2.05, 4.69) is 10.4 Å². The topological polar surface area (TPSA) is 72.9 Å². The number of hydrogen-bond acceptors (Lipinski definition) is 3. The van der Waals surface area contributed by atoms with Crippen molar-refractivity contribution in [3.05, 3.63) is 48.3 Å². The molecule has 5 heteroatoms. The Labute approximate surface area is 118 Å². The number of rotatable bonds is 5. The van der Waals surface area contributed by atoms with Crippen LogP contribution in [0.15, 0.2) is 42.7 Å². The molecule has 2 atom stereocenters. The fourth-order valence-electron chi connectivity index (χ4n) is 1.88. The summed E-state index contributed by atoms with van der Waals surface area (Å²) < 4.78 is 1.80. The summed E-state index contributed by atoms with van der Waals surface area (Å²) in [5.41, 5.74) is 7.54. The van der Waals surface area contributed by atoms with Crippen molar-refractivity contribution >= 4 is 5.91 Å². The molecule has 1 amide bonds. The van der Waals surface area contributed by atoms with E-state index in [0.717, 1.165) is 11.3 Å². The first-order valence-electron chi connectivity index (χ1n) is 6.72. The molecule has 0 spiro atoms. The van der Waals surface area contributed by atoms with Crippen LogP contribution in [0.25, 0.3) is 5.69 Å². The van der Waals surface area contributed by atoms with Gasteiger partial charge in [-0.3, -0.25) is 4.79 Å². The third-order valence-electron chi connectivity index (χ3n) is 3.32. The normalized spacial score (nSPS) is 13.8. The van der Waals surface area contributed by atoms with Gasteiger partial charge in [-0.25, -0.2) is 4.68 Å². The molecule has 0 radical (unpaired) electrons. The highest BCUT2D eigenvalue weighted by atomic mass is 16.1. The Morgan fingerprint density at radius 1 is 1.35 bits per heavy atom. The molecule has 0 fully saturated rings. The van der Waals surface area contributed by atoms with Crippen LogP contribution in [0.3, 0.4) is 0 Å². The van der Waals surface area contributed by atoms with Crippen LogP contribution < -0.4 is 11.1 Å². The van der Waals surface area contributed by atoms with E-state index in [4.69, 9.17) is 5.73 Å². The first-order chi connectivity index (χ1) is 9.61. The first kappa shape index (κ1) is 14.3. The zero-order valence-electron chi connectivity index (χ0n) is 11.8. The van der Waals surface area contributed by atoms with Crippen molar-refractivity contribution in [1.29, 1.82) is 0 Å². The Balaban J connectivity index is 2.04. The van der Waals surface area contributed by atoms with E-state index in [1.54, 1.807) is 10.9 Å². The zero-order chi connectivity index (χ0) is 14.5. The van der Waals surface area contributed by atoms with E-state index < -0.39 is 0 Å². The van der Waals surface area contributed by atoms with E-state index in [1.165, 1.54) is 0 Å². The van der Waals surface area contributed by atoms with Gasteiger partial charge in [0, 0.05) is 24.9 Å². The van der Waals surface area contributed by atoms with Crippen LogP contribution in [0.1, 0.15) is 25.5 Å². The number of aromatic nitrogens is 2. The maximum absolute atomic E-state index is 11.8. The first-order valence-corrected chi connectivity index (χ1v) is 6.72. The van der Waals surface area contributed by atoms with Crippen LogP contribution in [-0.2, 0) is 4.79 Å². The highest BCUT2D eigenvalue weighted by Gasteiger charge is 2.14. The SMILES string of the molecule is CC(CN)C(=O)NC(C)c1ccc(-n2cccn2)cc1. The molecule has 5 nitrogen and oxygen atoms in total. The number of carbonyl (C=O) groups excluding carboxylic acids is 1. The summed E-state index contributed by atoms with van der Waals surface area (Å²) in [6, 6.07) is 9.80. The predicted octanol–water partition coefficient (Wildman–Crippen LogP) is 1.64. The molecule has 0 saturated carbocycles. The molecule has 2 unspecified atom stereocenters. The van der Waals surface area contributed by atoms with Crippen LogP contribution in [0, 0.1) is 5.92 Å². The van der Waals surface area contributed by atoms with Gasteiger partial charge >= 0.3 is 0 Å². The van der Waals surface area contributed by atoms with Crippen LogP contribution >= 0.6 is 0 Å². The molecule has 1 aromatic carbocycles. The van der Waals surface area contributed by atoms with Crippen molar-refractivity contribution in [3.63, 3.8) is 0 Å². The smallest absolute Gasteiger partial charge is 0.224 e. The van der Waals surface area contributed by atoms with Gasteiger partial charge in [0.25, 0.3) is 0 Å². The molecule has 0 aliphatic carbocycles. The van der Waals surface area contributed by atoms with E-state index >= 15 is 0 Å². The third kappa shape index (κ3) is 3.24. The number of benzene rings is 1. The van der Waals surface area contributed by atoms with E-state index in [9.17, 15) is 4.79 Å². The van der Waals surface area contributed by atoms with Gasteiger partial charge in [-0.15, -0.1) is 0 Å². The molecule has 2 rings (SSSR count). The molecule has 2 aromatic rings. The average Bonchev–Trinajstić information content (AvgIpc) is 3.00. The molecular formula is C15H20N4O. The molecule has 0 aliphatic rings. The highest BCUT2D eigenvalue weighted by molar-refractivity contribution is 5.78. The summed E-state index contributed by atoms with van der Waals surface area (Å²) in [7, 11) is 0. The lowest BCUT2D eigenvalue weighted by Crippen LogP contribution is -2.34. The Morgan fingerprint density at radius 3 is 2.60 bits per heavy atom. The van der Waals surface area contributed by atoms with Crippen molar-refractivity contribution in [3.8, 4) is 5.69 Å². The fourth-order valence-corrected chi connectivity index (χ4v) is 1.88. The van der Waals surface area contributed by atoms with E-state index in [1.807, 2.05) is 50.4 Å². The molecule has 1 heterocycles. The van der Waals surface area contributed by atoms with Crippen LogP contribution in [0.4, 0.5) is 0 Å². The monoisotopic (exact) mass is 272 g/mol. The molecule has 1 aromatic heterocycles. The van der Waals surface area contributed by atoms with Gasteiger partial charge in [-0.1, -0.05) is 19.1 Å². The minimum absolute atomic E-state index is 0.0175. The summed E-state index contributed by atoms with van der Waals surface area (Å²) in [6.07, 6.45) is 3.63. The van der Waals surface area contributed by atoms with Crippen molar-refractivity contribution in [2.75, 3.05) is 6.54 Å². The average molecular weight is 272 g/mol. The van der Waals surface area contributed by atoms with Crippen LogP contribution in [-0.4, -0.2) is 22.2 Å². The van der Waals surface area contributed by atoms with Gasteiger partial charge in [-0.2, -0.15) is 5.10 Å². The van der Waals surface area contributed by atoms with Crippen LogP contribution in [0.5, 0.6) is 0 Å². The summed E-state index contributed by atoms with van der Waals surface area (Å²) in [6.45, 7) is 4.14. The molecule has 20 heavy (non-hydrogen) atoms. The standard InChI is InChI=1S/C15H20N4O/c1-11(10-16)15(20)18-12(2)13-4-6-14(7-5-13)19-9-3-8-17-19/h3-9,11-12H,10,16H2,1-2H3,(H,18,20). The Morgan fingerprint density at radius 2 is 2.05 bits per heavy atom. The largest absolute Gasteiger partial charge is 0.349 e. The number of hydrogen-bond donors (Lipinski definition) is 2. The number of amides is 1. The number of nitrogens with zero attached hydrogens (tertiary/aromatic N) is 2. The second kappa shape index (κ2) is 6.34. The molecule has 0 saturated heterocycles. The van der Waals surface area contributed by atoms with Crippen molar-refractivity contribution in [1.82, 2.24) is 15.1 Å². The minimum atomic E-state index is -0.166. The van der Waals surface area contributed by atoms with Crippen LogP contribution in [0.2, 0.25) is 0 Å². The highest BCUT2D eigenvalue weighted by Crippen LogP contribution is 2.15. The van der Waals surface area contributed by atoms with Gasteiger partial charge in [-0.05, 0) is 30.7 Å². The number of carbonyl (C=O) groups is 1. The molecule has 3 N–H and O–H groups in total. The maximum Gasteiger partial charge on any atom is 0.224 e. The Bertz CT molecular complexity index is 548. The molecule has 106 valence electrons. The summed E-state index contributed by atoms with van der Waals surface area (Å²) in [5.74, 6) is -0.183. The van der Waals surface area contributed by atoms with E-state index in [0.29, 0.717) is 6.54 Å². The predicted molar refractivity (Wildman–Crippen MR) is 78.3 cm³/mol. The van der Waals surface area contributed by atoms with Gasteiger partial charge in [0.2, 0.25) is 5.91 Å². The van der Waals surface area contributed by atoms with Crippen molar-refractivity contribution in [2.45, 2.75) is 19.9 Å². The van der Waals surface area contributed by atoms with Crippen molar-refractivity contribution < 1.29 is 4.79 Å². The number of nitrogens with two attached hydrogens (primary N) is 1. The summed E-state index contributed by atoms with van der Waals surface area (Å²) in [4.78, 5) is 11.8. The van der Waals surface area contributed by atoms with Gasteiger partial charge < -0.3 is 11.1 Å². The zero-order valence-corrected chi connectivity index (χ0v) is 11.8. The quantitative estimate of drug-likeness (QED) is 0.869. The lowest BCUT2D eigenvalue weighted by Gasteiger charge is -2.17. The molecule has 0 bridgehead atoms. The Hall–Kier alpha value is -2.14. The second-order valence-corrected chi connectivity index (χ2v) is 4.91. The number of nitrogens with one attached hydrogen (secondary N) is 1. The fraction of sp³-hybridized carbons (Fsp3) is 0.333. The minimum Gasteiger partial charge on any atom is -0.349 e.